The van der Waals surface area contributed by atoms with Gasteiger partial charge in [-0.25, -0.2) is 0 Å². The van der Waals surface area contributed by atoms with Crippen molar-refractivity contribution in [2.45, 2.75) is 52.4 Å². The number of hydrogen-bond donors (Lipinski definition) is 2. The van der Waals surface area contributed by atoms with E-state index in [4.69, 9.17) is 0 Å². The van der Waals surface area contributed by atoms with Gasteiger partial charge in [0.2, 0.25) is 0 Å². The van der Waals surface area contributed by atoms with Gasteiger partial charge >= 0.3 is 0 Å². The van der Waals surface area contributed by atoms with Crippen LogP contribution < -0.4 is 10.6 Å². The fourth-order valence-corrected chi connectivity index (χ4v) is 3.03. The zero-order valence-electron chi connectivity index (χ0n) is 20.2. The van der Waals surface area contributed by atoms with Crippen molar-refractivity contribution >= 4 is 17.5 Å². The number of anilines is 1. The maximum absolute atomic E-state index is 13.0. The maximum Gasteiger partial charge on any atom is 0.255 e. The number of carbonyl (C=O) groups excluding carboxylic acids is 2. The van der Waals surface area contributed by atoms with E-state index in [1.165, 1.54) is 0 Å². The lowest BCUT2D eigenvalue weighted by Gasteiger charge is -2.26. The van der Waals surface area contributed by atoms with Gasteiger partial charge in [-0.3, -0.25) is 9.59 Å². The molecule has 0 radical (unpaired) electrons. The summed E-state index contributed by atoms with van der Waals surface area (Å²) in [4.78, 5) is 27.2. The molecule has 0 saturated carbocycles. The molecule has 0 fully saturated rings. The molecule has 0 atom stereocenters. The van der Waals surface area contributed by atoms with E-state index in [0.29, 0.717) is 23.4 Å². The van der Waals surface area contributed by atoms with Crippen LogP contribution in [0.2, 0.25) is 0 Å². The van der Waals surface area contributed by atoms with Crippen LogP contribution >= 0.6 is 0 Å². The van der Waals surface area contributed by atoms with Gasteiger partial charge in [0, 0.05) is 29.9 Å². The number of rotatable bonds is 6. The van der Waals surface area contributed by atoms with Crippen LogP contribution in [0.25, 0.3) is 0 Å². The highest BCUT2D eigenvalue weighted by Crippen LogP contribution is 2.30. The SMILES string of the molecule is CN(C)CCNC(=O)c1ccc(NC(=O)c2cc(C(C)(C)C)cc(C(C)(C)C)c2)cc1. The zero-order valence-corrected chi connectivity index (χ0v) is 20.2. The topological polar surface area (TPSA) is 61.4 Å². The molecular weight excluding hydrogens is 386 g/mol. The number of hydrogen-bond acceptors (Lipinski definition) is 3. The Labute approximate surface area is 187 Å². The van der Waals surface area contributed by atoms with E-state index in [0.717, 1.165) is 17.7 Å². The Morgan fingerprint density at radius 3 is 1.74 bits per heavy atom. The molecule has 168 valence electrons. The lowest BCUT2D eigenvalue weighted by atomic mass is 9.79. The van der Waals surface area contributed by atoms with Crippen molar-refractivity contribution in [3.05, 3.63) is 64.7 Å². The second kappa shape index (κ2) is 9.65. The second-order valence-electron chi connectivity index (χ2n) is 10.4. The zero-order chi connectivity index (χ0) is 23.4. The predicted octanol–water partition coefficient (Wildman–Crippen LogP) is 4.83. The Morgan fingerprint density at radius 2 is 1.29 bits per heavy atom. The predicted molar refractivity (Wildman–Crippen MR) is 129 cm³/mol. The first-order chi connectivity index (χ1) is 14.3. The van der Waals surface area contributed by atoms with Crippen molar-refractivity contribution in [3.63, 3.8) is 0 Å². The second-order valence-corrected chi connectivity index (χ2v) is 10.4. The highest BCUT2D eigenvalue weighted by molar-refractivity contribution is 6.05. The minimum absolute atomic E-state index is 0.0577. The maximum atomic E-state index is 13.0. The molecule has 0 aromatic heterocycles. The largest absolute Gasteiger partial charge is 0.351 e. The number of likely N-dealkylation sites (N-methyl/N-ethyl adjacent to an activating group) is 1. The van der Waals surface area contributed by atoms with E-state index < -0.39 is 0 Å². The fourth-order valence-electron chi connectivity index (χ4n) is 3.03. The molecule has 0 spiro atoms. The van der Waals surface area contributed by atoms with Gasteiger partial charge in [0.05, 0.1) is 0 Å². The molecule has 2 N–H and O–H groups in total. The van der Waals surface area contributed by atoms with Crippen molar-refractivity contribution in [2.75, 3.05) is 32.5 Å². The fraction of sp³-hybridized carbons (Fsp3) is 0.462. The van der Waals surface area contributed by atoms with Crippen molar-refractivity contribution in [1.29, 1.82) is 0 Å². The van der Waals surface area contributed by atoms with Crippen molar-refractivity contribution in [3.8, 4) is 0 Å². The van der Waals surface area contributed by atoms with E-state index in [9.17, 15) is 9.59 Å². The Kier molecular flexibility index (Phi) is 7.66. The van der Waals surface area contributed by atoms with Gasteiger partial charge in [-0.05, 0) is 72.5 Å². The van der Waals surface area contributed by atoms with Gasteiger partial charge in [-0.15, -0.1) is 0 Å². The third-order valence-electron chi connectivity index (χ3n) is 5.18. The average Bonchev–Trinajstić information content (AvgIpc) is 2.66. The van der Waals surface area contributed by atoms with Crippen LogP contribution in [0.5, 0.6) is 0 Å². The van der Waals surface area contributed by atoms with Gasteiger partial charge in [0.15, 0.2) is 0 Å². The van der Waals surface area contributed by atoms with Crippen LogP contribution in [0.1, 0.15) is 73.4 Å². The molecule has 0 aliphatic heterocycles. The summed E-state index contributed by atoms with van der Waals surface area (Å²) in [7, 11) is 3.93. The Morgan fingerprint density at radius 1 is 0.774 bits per heavy atom. The standard InChI is InChI=1S/C26H37N3O2/c1-25(2,3)20-15-19(16-21(17-20)26(4,5)6)24(31)28-22-11-9-18(10-12-22)23(30)27-13-14-29(7)8/h9-12,15-17H,13-14H2,1-8H3,(H,27,30)(H,28,31). The van der Waals surface area contributed by atoms with Gasteiger partial charge in [0.25, 0.3) is 11.8 Å². The van der Waals surface area contributed by atoms with Crippen LogP contribution in [0, 0.1) is 0 Å². The highest BCUT2D eigenvalue weighted by atomic mass is 16.2. The number of benzene rings is 2. The molecule has 2 aromatic rings. The van der Waals surface area contributed by atoms with Gasteiger partial charge in [-0.2, -0.15) is 0 Å². The van der Waals surface area contributed by atoms with Crippen LogP contribution in [-0.4, -0.2) is 43.9 Å². The lowest BCUT2D eigenvalue weighted by Crippen LogP contribution is -2.31. The summed E-state index contributed by atoms with van der Waals surface area (Å²) < 4.78 is 0. The Bertz CT molecular complexity index is 885. The lowest BCUT2D eigenvalue weighted by molar-refractivity contribution is 0.0950. The molecule has 5 heteroatoms. The minimum Gasteiger partial charge on any atom is -0.351 e. The quantitative estimate of drug-likeness (QED) is 0.700. The van der Waals surface area contributed by atoms with Crippen molar-refractivity contribution in [1.82, 2.24) is 10.2 Å². The number of amides is 2. The number of nitrogens with zero attached hydrogens (tertiary/aromatic N) is 1. The molecule has 2 amide bonds. The summed E-state index contributed by atoms with van der Waals surface area (Å²) in [5.41, 5.74) is 4.03. The van der Waals surface area contributed by atoms with Crippen LogP contribution in [-0.2, 0) is 10.8 Å². The van der Waals surface area contributed by atoms with Crippen LogP contribution in [0.15, 0.2) is 42.5 Å². The normalized spacial score (nSPS) is 12.0. The molecule has 0 unspecified atom stereocenters. The third-order valence-corrected chi connectivity index (χ3v) is 5.18. The first-order valence-electron chi connectivity index (χ1n) is 10.8. The molecule has 2 aromatic carbocycles. The average molecular weight is 424 g/mol. The molecule has 0 saturated heterocycles. The molecule has 0 heterocycles. The first-order valence-corrected chi connectivity index (χ1v) is 10.8. The summed E-state index contributed by atoms with van der Waals surface area (Å²) in [6, 6.07) is 13.1. The smallest absolute Gasteiger partial charge is 0.255 e. The molecule has 0 bridgehead atoms. The molecule has 2 rings (SSSR count). The van der Waals surface area contributed by atoms with Crippen LogP contribution in [0.3, 0.4) is 0 Å². The summed E-state index contributed by atoms with van der Waals surface area (Å²) in [5, 5.41) is 5.85. The summed E-state index contributed by atoms with van der Waals surface area (Å²) >= 11 is 0. The van der Waals surface area contributed by atoms with E-state index in [2.05, 4.69) is 58.2 Å². The molecule has 31 heavy (non-hydrogen) atoms. The number of carbonyl (C=O) groups is 2. The third kappa shape index (κ3) is 7.21. The summed E-state index contributed by atoms with van der Waals surface area (Å²) in [6.45, 7) is 14.3. The Hall–Kier alpha value is -2.66. The van der Waals surface area contributed by atoms with Crippen LogP contribution in [0.4, 0.5) is 5.69 Å². The van der Waals surface area contributed by atoms with E-state index >= 15 is 0 Å². The molecule has 0 aliphatic carbocycles. The van der Waals surface area contributed by atoms with Gasteiger partial charge in [-0.1, -0.05) is 47.6 Å². The van der Waals surface area contributed by atoms with Crippen molar-refractivity contribution < 1.29 is 9.59 Å². The summed E-state index contributed by atoms with van der Waals surface area (Å²) in [5.74, 6) is -0.271. The summed E-state index contributed by atoms with van der Waals surface area (Å²) in [6.07, 6.45) is 0. The molecule has 0 aliphatic rings. The highest BCUT2D eigenvalue weighted by Gasteiger charge is 2.22. The van der Waals surface area contributed by atoms with E-state index in [1.807, 2.05) is 31.1 Å². The minimum atomic E-state index is -0.153. The first kappa shape index (κ1) is 24.6. The number of nitrogens with one attached hydrogen (secondary N) is 2. The van der Waals surface area contributed by atoms with E-state index in [1.54, 1.807) is 24.3 Å². The molecular formula is C26H37N3O2. The van der Waals surface area contributed by atoms with Gasteiger partial charge < -0.3 is 15.5 Å². The van der Waals surface area contributed by atoms with Crippen molar-refractivity contribution in [2.24, 2.45) is 0 Å². The van der Waals surface area contributed by atoms with E-state index in [-0.39, 0.29) is 22.6 Å². The Balaban J connectivity index is 2.17. The van der Waals surface area contributed by atoms with Gasteiger partial charge in [0.1, 0.15) is 0 Å². The monoisotopic (exact) mass is 423 g/mol. The molecule has 5 nitrogen and oxygen atoms in total.